The molecular weight excluding hydrogens is 581 g/mol. The van der Waals surface area contributed by atoms with E-state index in [9.17, 15) is 22.0 Å². The fraction of sp³-hybridized carbons (Fsp3) is 0.481. The average Bonchev–Trinajstić information content (AvgIpc) is 3.19. The zero-order chi connectivity index (χ0) is 33.5. The highest BCUT2D eigenvalue weighted by molar-refractivity contribution is 5.85. The van der Waals surface area contributed by atoms with Gasteiger partial charge in [0.15, 0.2) is 12.2 Å². The second-order valence-corrected chi connectivity index (χ2v) is 11.2. The molecule has 0 radical (unpaired) electrons. The van der Waals surface area contributed by atoms with Crippen LogP contribution in [0.1, 0.15) is 56.1 Å². The van der Waals surface area contributed by atoms with Crippen molar-refractivity contribution in [2.24, 2.45) is 7.05 Å². The molecule has 0 spiro atoms. The Morgan fingerprint density at radius 1 is 0.953 bits per heavy atom. The molecule has 0 aliphatic rings. The molecule has 0 saturated heterocycles. The van der Waals surface area contributed by atoms with E-state index in [1.807, 2.05) is 20.8 Å². The molecule has 4 heterocycles. The molecule has 0 unspecified atom stereocenters. The van der Waals surface area contributed by atoms with Crippen LogP contribution in [0.25, 0.3) is 22.3 Å². The van der Waals surface area contributed by atoms with Crippen molar-refractivity contribution in [2.45, 2.75) is 71.5 Å². The Balaban J connectivity index is 1.74. The van der Waals surface area contributed by atoms with E-state index in [1.165, 1.54) is 24.0 Å². The molecule has 1 atom stereocenters. The third-order valence-corrected chi connectivity index (χ3v) is 5.16. The number of pyridine rings is 1. The zero-order valence-electron chi connectivity index (χ0n) is 26.2. The number of aryl methyl sites for hydroxylation is 1. The first-order chi connectivity index (χ1) is 20.6. The van der Waals surface area contributed by atoms with Gasteiger partial charge in [-0.25, -0.2) is 18.4 Å². The maximum absolute atomic E-state index is 14.3. The van der Waals surface area contributed by atoms with Crippen molar-refractivity contribution in [2.75, 3.05) is 6.56 Å². The Bertz CT molecular complexity index is 1670. The summed E-state index contributed by atoms with van der Waals surface area (Å²) in [4.78, 5) is 12.4. The van der Waals surface area contributed by atoms with Crippen LogP contribution in [0.4, 0.5) is 22.0 Å². The Labute approximate surface area is 246 Å². The topological polar surface area (TPSA) is 119 Å². The van der Waals surface area contributed by atoms with Gasteiger partial charge in [-0.3, -0.25) is 4.98 Å². The summed E-state index contributed by atoms with van der Waals surface area (Å²) in [7, 11) is 1.47. The lowest BCUT2D eigenvalue weighted by Gasteiger charge is -2.24. The molecule has 0 aliphatic heterocycles. The predicted octanol–water partition coefficient (Wildman–Crippen LogP) is 5.90. The lowest BCUT2D eigenvalue weighted by Crippen LogP contribution is -2.26. The van der Waals surface area contributed by atoms with Crippen LogP contribution >= 0.6 is 0 Å². The highest BCUT2D eigenvalue weighted by Crippen LogP contribution is 2.36. The lowest BCUT2D eigenvalue weighted by molar-refractivity contribution is -0.153. The average molecular weight is 614 g/mol. The normalized spacial score (nSPS) is 14.3. The largest absolute Gasteiger partial charge is 0.484 e. The van der Waals surface area contributed by atoms with E-state index in [2.05, 4.69) is 35.0 Å². The van der Waals surface area contributed by atoms with E-state index in [4.69, 9.17) is 17.0 Å². The number of aromatic nitrogens is 7. The van der Waals surface area contributed by atoms with Crippen molar-refractivity contribution in [1.82, 2.24) is 34.9 Å². The summed E-state index contributed by atoms with van der Waals surface area (Å²) >= 11 is 0. The molecule has 232 valence electrons. The first-order valence-corrected chi connectivity index (χ1v) is 12.8. The monoisotopic (exact) mass is 613 g/mol. The second-order valence-electron chi connectivity index (χ2n) is 11.2. The van der Waals surface area contributed by atoms with Crippen LogP contribution in [-0.2, 0) is 7.05 Å². The Morgan fingerprint density at radius 3 is 2.28 bits per heavy atom. The first kappa shape index (κ1) is 28.7. The van der Waals surface area contributed by atoms with E-state index in [0.717, 1.165) is 18.3 Å². The minimum absolute atomic E-state index is 0.0479. The van der Waals surface area contributed by atoms with E-state index < -0.39 is 47.9 Å². The summed E-state index contributed by atoms with van der Waals surface area (Å²) in [6.07, 6.45) is -8.46. The maximum Gasteiger partial charge on any atom is 0.422 e. The highest BCUT2D eigenvalue weighted by Gasteiger charge is 2.31. The number of alkyl halides is 5. The van der Waals surface area contributed by atoms with E-state index in [-0.39, 0.29) is 34.5 Å². The maximum atomic E-state index is 14.3. The van der Waals surface area contributed by atoms with Crippen molar-refractivity contribution in [3.63, 3.8) is 0 Å². The third-order valence-electron chi connectivity index (χ3n) is 5.16. The Morgan fingerprint density at radius 2 is 1.65 bits per heavy atom. The highest BCUT2D eigenvalue weighted by atomic mass is 19.4. The van der Waals surface area contributed by atoms with Crippen molar-refractivity contribution < 1.29 is 43.6 Å². The third kappa shape index (κ3) is 8.35. The van der Waals surface area contributed by atoms with Crippen LogP contribution in [0, 0.1) is 0 Å². The van der Waals surface area contributed by atoms with Gasteiger partial charge in [0.25, 0.3) is 6.43 Å². The Hall–Kier alpha value is -4.37. The minimum atomic E-state index is -5.39. The molecule has 4 rings (SSSR count). The van der Waals surface area contributed by atoms with Gasteiger partial charge in [-0.15, -0.1) is 15.3 Å². The standard InChI is InChI=1S/C27H30F5N7O4/c1-25(2,3)42-22-16(12-34-24(35-22)43-26(4,5)6)17-11-15-21(37-36-17)39(7)38-23(15)41-19(20(28)29)18-10-14(8-9-33-18)40-13-27(30,31)32/h8-12,19-20H,13H2,1-7H3/t19-/m1/s1/i13D2. The molecule has 16 heteroatoms. The Kier molecular flexibility index (Phi) is 7.83. The van der Waals surface area contributed by atoms with Crippen LogP contribution in [0.2, 0.25) is 0 Å². The van der Waals surface area contributed by atoms with E-state index >= 15 is 0 Å². The number of hydrogen-bond acceptors (Lipinski definition) is 10. The number of nitrogens with zero attached hydrogens (tertiary/aromatic N) is 7. The molecule has 0 aliphatic carbocycles. The van der Waals surface area contributed by atoms with Crippen LogP contribution in [0.15, 0.2) is 30.6 Å². The number of halogens is 5. The molecule has 0 amide bonds. The molecule has 0 aromatic carbocycles. The first-order valence-electron chi connectivity index (χ1n) is 13.8. The van der Waals surface area contributed by atoms with Gasteiger partial charge in [-0.1, -0.05) is 0 Å². The molecule has 4 aromatic heterocycles. The molecule has 0 N–H and O–H groups in total. The van der Waals surface area contributed by atoms with E-state index in [1.54, 1.807) is 20.8 Å². The number of fused-ring (bicyclic) bond motifs is 1. The van der Waals surface area contributed by atoms with Crippen molar-refractivity contribution >= 4 is 11.0 Å². The van der Waals surface area contributed by atoms with Gasteiger partial charge >= 0.3 is 12.2 Å². The minimum Gasteiger partial charge on any atom is -0.484 e. The molecule has 11 nitrogen and oxygen atoms in total. The van der Waals surface area contributed by atoms with Gasteiger partial charge in [0.05, 0.1) is 19.4 Å². The van der Waals surface area contributed by atoms with Crippen LogP contribution in [-0.4, -0.2) is 65.3 Å². The number of hydrogen-bond donors (Lipinski definition) is 0. The summed E-state index contributed by atoms with van der Waals surface area (Å²) in [5.74, 6) is -0.901. The molecule has 0 bridgehead atoms. The smallest absolute Gasteiger partial charge is 0.422 e. The number of ether oxygens (including phenoxy) is 4. The van der Waals surface area contributed by atoms with Gasteiger partial charge < -0.3 is 18.9 Å². The van der Waals surface area contributed by atoms with Gasteiger partial charge in [0, 0.05) is 25.5 Å². The van der Waals surface area contributed by atoms with Gasteiger partial charge in [-0.2, -0.15) is 18.2 Å². The summed E-state index contributed by atoms with van der Waals surface area (Å²) in [5.41, 5.74) is -1.21. The fourth-order valence-electron chi connectivity index (χ4n) is 3.58. The zero-order valence-corrected chi connectivity index (χ0v) is 24.2. The van der Waals surface area contributed by atoms with Gasteiger partial charge in [0.1, 0.15) is 22.6 Å². The summed E-state index contributed by atoms with van der Waals surface area (Å²) in [6.45, 7) is 6.80. The molecule has 4 aromatic rings. The molecular formula is C27H30F5N7O4. The SMILES string of the molecule is [2H]C([2H])(Oc1ccnc([C@@H](Oc2nn(C)c3nnc(-c4cnc(OC(C)(C)C)nc4OC(C)(C)C)cc23)C(F)F)c1)C(F)(F)F. The van der Waals surface area contributed by atoms with Crippen molar-refractivity contribution in [1.29, 1.82) is 0 Å². The molecule has 0 fully saturated rings. The summed E-state index contributed by atoms with van der Waals surface area (Å²) in [5, 5.41) is 12.6. The van der Waals surface area contributed by atoms with Gasteiger partial charge in [-0.05, 0) is 53.7 Å². The van der Waals surface area contributed by atoms with Crippen molar-refractivity contribution in [3.8, 4) is 34.8 Å². The molecule has 43 heavy (non-hydrogen) atoms. The van der Waals surface area contributed by atoms with Crippen molar-refractivity contribution in [3.05, 3.63) is 36.3 Å². The van der Waals surface area contributed by atoms with Crippen LogP contribution in [0.3, 0.4) is 0 Å². The van der Waals surface area contributed by atoms with Gasteiger partial charge in [0.2, 0.25) is 17.9 Å². The van der Waals surface area contributed by atoms with Crippen LogP contribution < -0.4 is 18.9 Å². The van der Waals surface area contributed by atoms with E-state index in [0.29, 0.717) is 5.56 Å². The fourth-order valence-corrected chi connectivity index (χ4v) is 3.58. The quantitative estimate of drug-likeness (QED) is 0.211. The molecule has 0 saturated carbocycles. The predicted molar refractivity (Wildman–Crippen MR) is 143 cm³/mol. The number of rotatable bonds is 9. The summed E-state index contributed by atoms with van der Waals surface area (Å²) in [6, 6.07) is 3.12. The second kappa shape index (κ2) is 11.7. The lowest BCUT2D eigenvalue weighted by atomic mass is 10.1. The summed E-state index contributed by atoms with van der Waals surface area (Å²) < 4.78 is 105. The van der Waals surface area contributed by atoms with Crippen LogP contribution in [0.5, 0.6) is 23.5 Å².